The average molecular weight is 339 g/mol. The van der Waals surface area contributed by atoms with Gasteiger partial charge in [-0.3, -0.25) is 14.4 Å². The Kier molecular flexibility index (Phi) is 4.94. The molecule has 0 radical (unpaired) electrons. The molecule has 0 aliphatic carbocycles. The smallest absolute Gasteiger partial charge is 0.251 e. The van der Waals surface area contributed by atoms with E-state index < -0.39 is 0 Å². The van der Waals surface area contributed by atoms with Gasteiger partial charge < -0.3 is 20.7 Å². The monoisotopic (exact) mass is 339 g/mol. The fraction of sp³-hybridized carbons (Fsp3) is 0.167. The second kappa shape index (κ2) is 7.48. The van der Waals surface area contributed by atoms with Gasteiger partial charge in [-0.1, -0.05) is 18.2 Å². The minimum atomic E-state index is -0.370. The van der Waals surface area contributed by atoms with Gasteiger partial charge in [0.25, 0.3) is 5.91 Å². The lowest BCUT2D eigenvalue weighted by atomic mass is 10.2. The summed E-state index contributed by atoms with van der Waals surface area (Å²) >= 11 is 0. The second-order valence-corrected chi connectivity index (χ2v) is 5.45. The van der Waals surface area contributed by atoms with E-state index in [4.69, 9.17) is 4.74 Å². The van der Waals surface area contributed by atoms with Gasteiger partial charge in [0.1, 0.15) is 5.75 Å². The first-order chi connectivity index (χ1) is 12.1. The van der Waals surface area contributed by atoms with Gasteiger partial charge >= 0.3 is 0 Å². The zero-order valence-electron chi connectivity index (χ0n) is 13.4. The van der Waals surface area contributed by atoms with Crippen molar-refractivity contribution in [3.8, 4) is 5.75 Å². The molecule has 0 saturated carbocycles. The summed E-state index contributed by atoms with van der Waals surface area (Å²) in [5.41, 5.74) is 1.50. The van der Waals surface area contributed by atoms with Gasteiger partial charge in [-0.05, 0) is 30.3 Å². The molecule has 7 nitrogen and oxygen atoms in total. The largest absolute Gasteiger partial charge is 0.491 e. The lowest BCUT2D eigenvalue weighted by Gasteiger charge is -2.11. The molecule has 2 aromatic carbocycles. The molecule has 0 saturated heterocycles. The van der Waals surface area contributed by atoms with Gasteiger partial charge in [0.05, 0.1) is 25.3 Å². The second-order valence-electron chi connectivity index (χ2n) is 5.45. The summed E-state index contributed by atoms with van der Waals surface area (Å²) in [6, 6.07) is 13.6. The van der Waals surface area contributed by atoms with Crippen LogP contribution in [0, 0.1) is 0 Å². The maximum atomic E-state index is 12.0. The third-order valence-corrected chi connectivity index (χ3v) is 3.57. The lowest BCUT2D eigenvalue weighted by Crippen LogP contribution is -2.32. The maximum absolute atomic E-state index is 12.0. The lowest BCUT2D eigenvalue weighted by molar-refractivity contribution is -0.116. The Labute approximate surface area is 144 Å². The van der Waals surface area contributed by atoms with Crippen LogP contribution < -0.4 is 20.7 Å². The Balaban J connectivity index is 1.58. The SMILES string of the molecule is O=C(CNC(=O)c1ccccc1)Nc1ccc2c(c1)NC(=O)CCO2. The highest BCUT2D eigenvalue weighted by atomic mass is 16.5. The molecule has 3 amide bonds. The maximum Gasteiger partial charge on any atom is 0.251 e. The summed E-state index contributed by atoms with van der Waals surface area (Å²) in [5, 5.41) is 7.95. The van der Waals surface area contributed by atoms with Crippen molar-refractivity contribution < 1.29 is 19.1 Å². The van der Waals surface area contributed by atoms with Crippen LogP contribution in [-0.4, -0.2) is 30.9 Å². The zero-order valence-corrected chi connectivity index (χ0v) is 13.4. The molecule has 0 spiro atoms. The Hall–Kier alpha value is -3.35. The van der Waals surface area contributed by atoms with Gasteiger partial charge in [-0.25, -0.2) is 0 Å². The van der Waals surface area contributed by atoms with Crippen molar-refractivity contribution in [3.05, 3.63) is 54.1 Å². The van der Waals surface area contributed by atoms with E-state index in [0.717, 1.165) is 0 Å². The molecule has 0 bridgehead atoms. The van der Waals surface area contributed by atoms with Crippen LogP contribution in [0.25, 0.3) is 0 Å². The number of benzene rings is 2. The Morgan fingerprint density at radius 2 is 1.92 bits per heavy atom. The quantitative estimate of drug-likeness (QED) is 0.791. The summed E-state index contributed by atoms with van der Waals surface area (Å²) in [4.78, 5) is 35.5. The molecule has 1 heterocycles. The number of carbonyl (C=O) groups excluding carboxylic acids is 3. The highest BCUT2D eigenvalue weighted by Crippen LogP contribution is 2.29. The van der Waals surface area contributed by atoms with Crippen LogP contribution in [-0.2, 0) is 9.59 Å². The normalized spacial score (nSPS) is 12.9. The summed E-state index contributed by atoms with van der Waals surface area (Å²) in [6.07, 6.45) is 0.280. The van der Waals surface area contributed by atoms with Gasteiger partial charge in [0.15, 0.2) is 0 Å². The van der Waals surface area contributed by atoms with Crippen molar-refractivity contribution in [1.82, 2.24) is 5.32 Å². The Morgan fingerprint density at radius 3 is 2.72 bits per heavy atom. The average Bonchev–Trinajstić information content (AvgIpc) is 2.80. The minimum absolute atomic E-state index is 0.141. The first-order valence-electron chi connectivity index (χ1n) is 7.81. The molecule has 128 valence electrons. The van der Waals surface area contributed by atoms with Gasteiger partial charge in [0, 0.05) is 11.3 Å². The number of fused-ring (bicyclic) bond motifs is 1. The van der Waals surface area contributed by atoms with Crippen LogP contribution in [0.15, 0.2) is 48.5 Å². The standard InChI is InChI=1S/C18H17N3O4/c22-16-8-9-25-15-7-6-13(10-14(15)21-16)20-17(23)11-19-18(24)12-4-2-1-3-5-12/h1-7,10H,8-9,11H2,(H,19,24)(H,20,23)(H,21,22). The first-order valence-corrected chi connectivity index (χ1v) is 7.81. The molecule has 0 aromatic heterocycles. The molecule has 1 aliphatic heterocycles. The third-order valence-electron chi connectivity index (χ3n) is 3.57. The Morgan fingerprint density at radius 1 is 1.12 bits per heavy atom. The van der Waals surface area contributed by atoms with Crippen LogP contribution in [0.5, 0.6) is 5.75 Å². The van der Waals surface area contributed by atoms with Gasteiger partial charge in [-0.15, -0.1) is 0 Å². The molecule has 0 atom stereocenters. The van der Waals surface area contributed by atoms with Crippen LogP contribution >= 0.6 is 0 Å². The molecule has 0 unspecified atom stereocenters. The molecule has 7 heteroatoms. The molecule has 0 fully saturated rings. The van der Waals surface area contributed by atoms with Crippen molar-refractivity contribution >= 4 is 29.1 Å². The van der Waals surface area contributed by atoms with Crippen LogP contribution in [0.1, 0.15) is 16.8 Å². The van der Waals surface area contributed by atoms with Crippen molar-refractivity contribution in [2.75, 3.05) is 23.8 Å². The molecular formula is C18H17N3O4. The number of carbonyl (C=O) groups is 3. The molecular weight excluding hydrogens is 322 g/mol. The fourth-order valence-corrected chi connectivity index (χ4v) is 2.36. The minimum Gasteiger partial charge on any atom is -0.491 e. The topological polar surface area (TPSA) is 96.5 Å². The van der Waals surface area contributed by atoms with E-state index in [1.165, 1.54) is 0 Å². The zero-order chi connectivity index (χ0) is 17.6. The Bertz CT molecular complexity index is 805. The highest BCUT2D eigenvalue weighted by Gasteiger charge is 2.15. The van der Waals surface area contributed by atoms with E-state index in [2.05, 4.69) is 16.0 Å². The number of ether oxygens (including phenoxy) is 1. The van der Waals surface area contributed by atoms with Crippen molar-refractivity contribution in [1.29, 1.82) is 0 Å². The fourth-order valence-electron chi connectivity index (χ4n) is 2.36. The summed E-state index contributed by atoms with van der Waals surface area (Å²) in [6.45, 7) is 0.156. The molecule has 25 heavy (non-hydrogen) atoms. The van der Waals surface area contributed by atoms with E-state index in [-0.39, 0.29) is 30.7 Å². The molecule has 3 rings (SSSR count). The van der Waals surface area contributed by atoms with Crippen LogP contribution in [0.3, 0.4) is 0 Å². The first kappa shape index (κ1) is 16.5. The predicted octanol–water partition coefficient (Wildman–Crippen LogP) is 1.78. The summed E-state index contributed by atoms with van der Waals surface area (Å²) in [7, 11) is 0. The van der Waals surface area contributed by atoms with Gasteiger partial charge in [-0.2, -0.15) is 0 Å². The number of hydrogen-bond acceptors (Lipinski definition) is 4. The van der Waals surface area contributed by atoms with Crippen LogP contribution in [0.4, 0.5) is 11.4 Å². The number of anilines is 2. The highest BCUT2D eigenvalue weighted by molar-refractivity contribution is 6.00. The number of rotatable bonds is 4. The third kappa shape index (κ3) is 4.35. The van der Waals surface area contributed by atoms with Crippen molar-refractivity contribution in [3.63, 3.8) is 0 Å². The van der Waals surface area contributed by atoms with Crippen LogP contribution in [0.2, 0.25) is 0 Å². The van der Waals surface area contributed by atoms with Crippen molar-refractivity contribution in [2.45, 2.75) is 6.42 Å². The molecule has 3 N–H and O–H groups in total. The molecule has 1 aliphatic rings. The number of hydrogen-bond donors (Lipinski definition) is 3. The van der Waals surface area contributed by atoms with E-state index in [9.17, 15) is 14.4 Å². The summed E-state index contributed by atoms with van der Waals surface area (Å²) in [5.74, 6) is -0.276. The summed E-state index contributed by atoms with van der Waals surface area (Å²) < 4.78 is 5.45. The molecule has 2 aromatic rings. The number of amides is 3. The predicted molar refractivity (Wildman–Crippen MR) is 92.6 cm³/mol. The van der Waals surface area contributed by atoms with Gasteiger partial charge in [0.2, 0.25) is 11.8 Å². The van der Waals surface area contributed by atoms with E-state index in [1.54, 1.807) is 42.5 Å². The van der Waals surface area contributed by atoms with E-state index in [1.807, 2.05) is 6.07 Å². The van der Waals surface area contributed by atoms with E-state index in [0.29, 0.717) is 29.3 Å². The van der Waals surface area contributed by atoms with Crippen molar-refractivity contribution in [2.24, 2.45) is 0 Å². The number of nitrogens with one attached hydrogen (secondary N) is 3. The van der Waals surface area contributed by atoms with E-state index >= 15 is 0 Å².